The molecule has 9 nitrogen and oxygen atoms in total. The van der Waals surface area contributed by atoms with Crippen molar-refractivity contribution in [3.8, 4) is 11.5 Å². The number of carbonyl (C=O) groups excluding carboxylic acids is 2. The quantitative estimate of drug-likeness (QED) is 0.343. The number of nitrogens with one attached hydrogen (secondary N) is 2. The number of rotatable bonds is 9. The fraction of sp³-hybridized carbons (Fsp3) is 0.286. The van der Waals surface area contributed by atoms with Crippen LogP contribution < -0.4 is 16.4 Å². The molecule has 0 heterocycles. The van der Waals surface area contributed by atoms with Gasteiger partial charge in [-0.2, -0.15) is 0 Å². The molecule has 2 amide bonds. The third-order valence-electron chi connectivity index (χ3n) is 4.41. The Hall–Kier alpha value is -3.59. The lowest BCUT2D eigenvalue weighted by Gasteiger charge is -2.22. The van der Waals surface area contributed by atoms with Gasteiger partial charge in [-0.15, -0.1) is 0 Å². The van der Waals surface area contributed by atoms with Gasteiger partial charge in [-0.05, 0) is 42.3 Å². The second kappa shape index (κ2) is 10.3. The number of phenols is 2. The number of aromatic hydroxyl groups is 2. The number of hydrogen-bond donors (Lipinski definition) is 6. The van der Waals surface area contributed by atoms with Crippen LogP contribution in [0.3, 0.4) is 0 Å². The lowest BCUT2D eigenvalue weighted by Crippen LogP contribution is -2.55. The second-order valence-electron chi connectivity index (χ2n) is 6.99. The molecular formula is C21H25N3O6. The lowest BCUT2D eigenvalue weighted by atomic mass is 10.0. The highest BCUT2D eigenvalue weighted by molar-refractivity contribution is 5.91. The zero-order valence-corrected chi connectivity index (χ0v) is 16.4. The van der Waals surface area contributed by atoms with E-state index in [1.807, 2.05) is 0 Å². The fourth-order valence-electron chi connectivity index (χ4n) is 2.72. The van der Waals surface area contributed by atoms with Crippen molar-refractivity contribution in [2.24, 2.45) is 5.73 Å². The molecule has 0 saturated heterocycles. The molecule has 9 heteroatoms. The summed E-state index contributed by atoms with van der Waals surface area (Å²) >= 11 is 0. The Bertz CT molecular complexity index is 881. The van der Waals surface area contributed by atoms with Crippen LogP contribution in [0, 0.1) is 0 Å². The molecule has 0 radical (unpaired) electrons. The van der Waals surface area contributed by atoms with E-state index in [1.165, 1.54) is 31.2 Å². The third kappa shape index (κ3) is 6.78. The second-order valence-corrected chi connectivity index (χ2v) is 6.99. The minimum absolute atomic E-state index is 0.00544. The molecule has 0 saturated carbocycles. The number of carboxylic acids is 1. The number of hydrogen-bond acceptors (Lipinski definition) is 6. The van der Waals surface area contributed by atoms with Crippen LogP contribution in [0.2, 0.25) is 0 Å². The summed E-state index contributed by atoms with van der Waals surface area (Å²) in [5.74, 6) is -2.37. The summed E-state index contributed by atoms with van der Waals surface area (Å²) in [6.07, 6.45) is 0.0741. The average molecular weight is 415 g/mol. The Kier molecular flexibility index (Phi) is 7.76. The van der Waals surface area contributed by atoms with Crippen molar-refractivity contribution in [3.05, 3.63) is 59.7 Å². The number of phenolic OH excluding ortho intramolecular Hbond substituents is 2. The predicted octanol–water partition coefficient (Wildman–Crippen LogP) is 0.284. The normalized spacial score (nSPS) is 13.7. The third-order valence-corrected chi connectivity index (χ3v) is 4.41. The molecule has 3 atom stereocenters. The summed E-state index contributed by atoms with van der Waals surface area (Å²) in [5, 5.41) is 33.3. The SMILES string of the molecule is C[C@H](N)C(=O)N[C@@H](Cc1ccc(O)cc1)C(=O)N[C@@H](Cc1ccc(O)cc1)C(=O)O. The van der Waals surface area contributed by atoms with E-state index in [9.17, 15) is 29.7 Å². The van der Waals surface area contributed by atoms with Crippen LogP contribution in [0.1, 0.15) is 18.1 Å². The summed E-state index contributed by atoms with van der Waals surface area (Å²) in [6.45, 7) is 1.47. The zero-order valence-electron chi connectivity index (χ0n) is 16.4. The molecule has 0 spiro atoms. The van der Waals surface area contributed by atoms with Crippen molar-refractivity contribution in [1.82, 2.24) is 10.6 Å². The lowest BCUT2D eigenvalue weighted by molar-refractivity contribution is -0.142. The summed E-state index contributed by atoms with van der Waals surface area (Å²) in [7, 11) is 0. The van der Waals surface area contributed by atoms with E-state index in [-0.39, 0.29) is 24.3 Å². The van der Waals surface area contributed by atoms with Gasteiger partial charge in [-0.1, -0.05) is 24.3 Å². The van der Waals surface area contributed by atoms with Gasteiger partial charge in [0.1, 0.15) is 23.6 Å². The highest BCUT2D eigenvalue weighted by atomic mass is 16.4. The van der Waals surface area contributed by atoms with Crippen LogP contribution in [0.5, 0.6) is 11.5 Å². The van der Waals surface area contributed by atoms with E-state index < -0.39 is 35.9 Å². The van der Waals surface area contributed by atoms with Crippen LogP contribution in [0.15, 0.2) is 48.5 Å². The van der Waals surface area contributed by atoms with Crippen molar-refractivity contribution in [3.63, 3.8) is 0 Å². The Balaban J connectivity index is 2.16. The van der Waals surface area contributed by atoms with Crippen molar-refractivity contribution < 1.29 is 29.7 Å². The van der Waals surface area contributed by atoms with E-state index in [0.717, 1.165) is 0 Å². The van der Waals surface area contributed by atoms with Crippen molar-refractivity contribution in [1.29, 1.82) is 0 Å². The predicted molar refractivity (Wildman–Crippen MR) is 109 cm³/mol. The Labute approximate surface area is 173 Å². The van der Waals surface area contributed by atoms with E-state index in [4.69, 9.17) is 5.73 Å². The highest BCUT2D eigenvalue weighted by Gasteiger charge is 2.27. The largest absolute Gasteiger partial charge is 0.508 e. The molecule has 0 unspecified atom stereocenters. The van der Waals surface area contributed by atoms with Crippen molar-refractivity contribution in [2.75, 3.05) is 0 Å². The minimum atomic E-state index is -1.24. The van der Waals surface area contributed by atoms with Gasteiger partial charge in [-0.3, -0.25) is 9.59 Å². The number of aliphatic carboxylic acids is 1. The molecule has 0 bridgehead atoms. The highest BCUT2D eigenvalue weighted by Crippen LogP contribution is 2.13. The standard InChI is InChI=1S/C21H25N3O6/c1-12(22)19(27)23-17(10-13-2-6-15(25)7-3-13)20(28)24-18(21(29)30)11-14-4-8-16(26)9-5-14/h2-9,12,17-18,25-26H,10-11,22H2,1H3,(H,23,27)(H,24,28)(H,29,30)/t12-,17-,18-/m0/s1. The first-order valence-electron chi connectivity index (χ1n) is 9.30. The first kappa shape index (κ1) is 22.7. The summed E-state index contributed by atoms with van der Waals surface area (Å²) in [5.41, 5.74) is 6.83. The maximum atomic E-state index is 12.8. The number of carboxylic acid groups (broad SMARTS) is 1. The van der Waals surface area contributed by atoms with Gasteiger partial charge in [0.2, 0.25) is 11.8 Å². The van der Waals surface area contributed by atoms with Crippen LogP contribution in [0.25, 0.3) is 0 Å². The molecular weight excluding hydrogens is 390 g/mol. The topological polar surface area (TPSA) is 162 Å². The maximum absolute atomic E-state index is 12.8. The van der Waals surface area contributed by atoms with E-state index in [0.29, 0.717) is 11.1 Å². The summed E-state index contributed by atoms with van der Waals surface area (Å²) in [4.78, 5) is 36.5. The Morgan fingerprint density at radius 1 is 0.800 bits per heavy atom. The molecule has 2 aromatic carbocycles. The molecule has 7 N–H and O–H groups in total. The smallest absolute Gasteiger partial charge is 0.326 e. The van der Waals surface area contributed by atoms with E-state index in [2.05, 4.69) is 10.6 Å². The molecule has 2 rings (SSSR count). The van der Waals surface area contributed by atoms with Gasteiger partial charge in [0, 0.05) is 12.8 Å². The molecule has 0 aliphatic heterocycles. The molecule has 160 valence electrons. The van der Waals surface area contributed by atoms with Gasteiger partial charge < -0.3 is 31.7 Å². The fourth-order valence-corrected chi connectivity index (χ4v) is 2.72. The molecule has 2 aromatic rings. The number of amides is 2. The first-order valence-corrected chi connectivity index (χ1v) is 9.30. The van der Waals surface area contributed by atoms with Crippen molar-refractivity contribution in [2.45, 2.75) is 37.9 Å². The van der Waals surface area contributed by atoms with Crippen molar-refractivity contribution >= 4 is 17.8 Å². The number of benzene rings is 2. The van der Waals surface area contributed by atoms with Gasteiger partial charge in [0.05, 0.1) is 6.04 Å². The number of carbonyl (C=O) groups is 3. The minimum Gasteiger partial charge on any atom is -0.508 e. The summed E-state index contributed by atoms with van der Waals surface area (Å²) < 4.78 is 0. The molecule has 0 fully saturated rings. The van der Waals surface area contributed by atoms with Gasteiger partial charge in [-0.25, -0.2) is 4.79 Å². The zero-order chi connectivity index (χ0) is 22.3. The first-order chi connectivity index (χ1) is 14.2. The van der Waals surface area contributed by atoms with Crippen LogP contribution in [-0.2, 0) is 27.2 Å². The molecule has 30 heavy (non-hydrogen) atoms. The number of nitrogens with two attached hydrogens (primary N) is 1. The Morgan fingerprint density at radius 3 is 1.60 bits per heavy atom. The molecule has 0 aliphatic rings. The maximum Gasteiger partial charge on any atom is 0.326 e. The van der Waals surface area contributed by atoms with Crippen LogP contribution in [-0.4, -0.2) is 51.2 Å². The van der Waals surface area contributed by atoms with Crippen LogP contribution in [0.4, 0.5) is 0 Å². The summed E-state index contributed by atoms with van der Waals surface area (Å²) in [6, 6.07) is 8.90. The Morgan fingerprint density at radius 2 is 1.20 bits per heavy atom. The van der Waals surface area contributed by atoms with Gasteiger partial charge >= 0.3 is 5.97 Å². The van der Waals surface area contributed by atoms with Crippen LogP contribution >= 0.6 is 0 Å². The monoisotopic (exact) mass is 415 g/mol. The molecule has 0 aromatic heterocycles. The van der Waals surface area contributed by atoms with E-state index >= 15 is 0 Å². The molecule has 0 aliphatic carbocycles. The van der Waals surface area contributed by atoms with Gasteiger partial charge in [0.15, 0.2) is 0 Å². The van der Waals surface area contributed by atoms with Gasteiger partial charge in [0.25, 0.3) is 0 Å². The van der Waals surface area contributed by atoms with E-state index in [1.54, 1.807) is 24.3 Å². The average Bonchev–Trinajstić information content (AvgIpc) is 2.69.